The number of benzene rings is 2. The molecule has 280 valence electrons. The molecule has 0 radical (unpaired) electrons. The van der Waals surface area contributed by atoms with Crippen molar-refractivity contribution in [3.05, 3.63) is 95.1 Å². The van der Waals surface area contributed by atoms with Gasteiger partial charge >= 0.3 is 37.9 Å². The molecule has 4 fully saturated rings. The normalized spacial score (nSPS) is 29.4. The summed E-state index contributed by atoms with van der Waals surface area (Å²) in [5.41, 5.74) is 7.67. The molecule has 7 heteroatoms. The molecule has 0 heterocycles. The fraction of sp³-hybridized carbons (Fsp3) is 0.591. The van der Waals surface area contributed by atoms with E-state index >= 15 is 0 Å². The van der Waals surface area contributed by atoms with Crippen molar-refractivity contribution in [2.75, 3.05) is 0 Å². The fourth-order valence-corrected chi connectivity index (χ4v) is 13.8. The fourth-order valence-electron chi connectivity index (χ4n) is 11.7. The SMILES string of the molecule is CC(C)(C1=CCC=C1)C1c2cc(Br)ccc2-c2ccc(Br)cc21.CC(C)(C1CCCC1)C1C2CC(Br)CCC2C2CCC(Br)CC21.[CH3-].[CH3-].[Cl][Zr+2][Cl]. The first-order chi connectivity index (χ1) is 23.4. The molecule has 0 nitrogen and oxygen atoms in total. The minimum atomic E-state index is -0.826. The van der Waals surface area contributed by atoms with E-state index in [4.69, 9.17) is 17.0 Å². The third kappa shape index (κ3) is 9.38. The van der Waals surface area contributed by atoms with Crippen LogP contribution in [0.2, 0.25) is 0 Å². The van der Waals surface area contributed by atoms with Gasteiger partial charge in [-0.1, -0.05) is 135 Å². The molecule has 0 N–H and O–H groups in total. The van der Waals surface area contributed by atoms with Crippen LogP contribution in [-0.2, 0) is 20.8 Å². The summed E-state index contributed by atoms with van der Waals surface area (Å²) in [4.78, 5) is 1.59. The third-order valence-corrected chi connectivity index (χ3v) is 16.3. The summed E-state index contributed by atoms with van der Waals surface area (Å²) < 4.78 is 2.31. The van der Waals surface area contributed by atoms with E-state index in [2.05, 4.69) is 146 Å². The molecule has 4 saturated carbocycles. The van der Waals surface area contributed by atoms with Crippen molar-refractivity contribution in [2.24, 2.45) is 46.3 Å². The molecular formula is C44H58Br4Cl2Zr. The Labute approximate surface area is 364 Å². The topological polar surface area (TPSA) is 0 Å². The third-order valence-electron chi connectivity index (χ3n) is 13.7. The molecule has 0 bridgehead atoms. The summed E-state index contributed by atoms with van der Waals surface area (Å²) in [7, 11) is 9.87. The first-order valence-corrected chi connectivity index (χ1v) is 28.3. The number of hydrogen-bond donors (Lipinski definition) is 0. The summed E-state index contributed by atoms with van der Waals surface area (Å²) in [5.74, 6) is 6.49. The first kappa shape index (κ1) is 45.0. The Morgan fingerprint density at radius 1 is 0.686 bits per heavy atom. The average molecular weight is 1070 g/mol. The van der Waals surface area contributed by atoms with E-state index in [1.165, 1.54) is 92.0 Å². The number of allylic oxidation sites excluding steroid dienone is 4. The Hall–Kier alpha value is 1.30. The predicted octanol–water partition coefficient (Wildman–Crippen LogP) is 16.7. The first-order valence-electron chi connectivity index (χ1n) is 18.6. The average Bonchev–Trinajstić information content (AvgIpc) is 3.86. The van der Waals surface area contributed by atoms with Crippen molar-refractivity contribution in [3.8, 4) is 11.1 Å². The van der Waals surface area contributed by atoms with Crippen molar-refractivity contribution in [2.45, 2.75) is 114 Å². The van der Waals surface area contributed by atoms with E-state index in [1.54, 1.807) is 0 Å². The van der Waals surface area contributed by atoms with E-state index in [0.717, 1.165) is 60.5 Å². The number of hydrogen-bond acceptors (Lipinski definition) is 0. The molecule has 0 saturated heterocycles. The van der Waals surface area contributed by atoms with Crippen molar-refractivity contribution in [1.29, 1.82) is 0 Å². The second-order valence-electron chi connectivity index (χ2n) is 16.8. The molecule has 0 spiro atoms. The van der Waals surface area contributed by atoms with Gasteiger partial charge in [0, 0.05) is 29.9 Å². The zero-order chi connectivity index (χ0) is 35.1. The van der Waals surface area contributed by atoms with Gasteiger partial charge in [-0.15, -0.1) is 0 Å². The Morgan fingerprint density at radius 3 is 1.59 bits per heavy atom. The van der Waals surface area contributed by atoms with E-state index in [0.29, 0.717) is 11.3 Å². The van der Waals surface area contributed by atoms with Gasteiger partial charge in [-0.05, 0) is 151 Å². The van der Waals surface area contributed by atoms with Gasteiger partial charge in [0.1, 0.15) is 0 Å². The molecule has 0 aliphatic heterocycles. The standard InChI is InChI=1S/C21H34Br2.C21H18Br2.2CH3.2ClH.Zr/c2*1-21(2,13-5-3-4-6-13)20-18-11-14(22)7-9-16(18)17-10-8-15(23)12-19(17)20;;;;;/h13-20H,3-12H2,1-2H3;3,5-12,20H,4H2,1-2H3;2*1H3;2*1H;/q;;2*-1;;;+4/p-2. The van der Waals surface area contributed by atoms with Crippen LogP contribution in [-0.4, -0.2) is 9.65 Å². The number of alkyl halides is 2. The van der Waals surface area contributed by atoms with Crippen LogP contribution in [0.4, 0.5) is 0 Å². The number of rotatable bonds is 4. The van der Waals surface area contributed by atoms with Crippen LogP contribution < -0.4 is 0 Å². The molecule has 8 rings (SSSR count). The van der Waals surface area contributed by atoms with E-state index in [1.807, 2.05) is 0 Å². The predicted molar refractivity (Wildman–Crippen MR) is 236 cm³/mol. The molecule has 2 aromatic rings. The second kappa shape index (κ2) is 19.2. The van der Waals surface area contributed by atoms with Crippen LogP contribution in [0.25, 0.3) is 11.1 Å². The van der Waals surface area contributed by atoms with Gasteiger partial charge in [-0.2, -0.15) is 0 Å². The molecule has 6 aliphatic carbocycles. The summed E-state index contributed by atoms with van der Waals surface area (Å²) in [5, 5.41) is 0. The Bertz CT molecular complexity index is 1450. The van der Waals surface area contributed by atoms with Crippen LogP contribution in [0.1, 0.15) is 115 Å². The minimum absolute atomic E-state index is 0. The maximum absolute atomic E-state index is 4.93. The van der Waals surface area contributed by atoms with Crippen molar-refractivity contribution in [3.63, 3.8) is 0 Å². The van der Waals surface area contributed by atoms with Crippen LogP contribution in [0.3, 0.4) is 0 Å². The van der Waals surface area contributed by atoms with Gasteiger partial charge in [-0.25, -0.2) is 0 Å². The van der Waals surface area contributed by atoms with Crippen molar-refractivity contribution in [1.82, 2.24) is 0 Å². The maximum atomic E-state index is 4.93. The molecule has 51 heavy (non-hydrogen) atoms. The zero-order valence-corrected chi connectivity index (χ0v) is 41.8. The van der Waals surface area contributed by atoms with E-state index < -0.39 is 20.8 Å². The molecule has 0 amide bonds. The summed E-state index contributed by atoms with van der Waals surface area (Å²) in [6.45, 7) is 10.1. The van der Waals surface area contributed by atoms with E-state index in [9.17, 15) is 0 Å². The van der Waals surface area contributed by atoms with Crippen molar-refractivity contribution < 1.29 is 20.8 Å². The van der Waals surface area contributed by atoms with Crippen LogP contribution in [0.15, 0.2) is 69.1 Å². The monoisotopic (exact) mass is 1060 g/mol. The van der Waals surface area contributed by atoms with Gasteiger partial charge in [0.25, 0.3) is 0 Å². The molecule has 2 aromatic carbocycles. The quantitative estimate of drug-likeness (QED) is 0.211. The number of fused-ring (bicyclic) bond motifs is 6. The zero-order valence-electron chi connectivity index (χ0n) is 31.4. The van der Waals surface area contributed by atoms with Gasteiger partial charge in [0.2, 0.25) is 0 Å². The van der Waals surface area contributed by atoms with Gasteiger partial charge in [0.05, 0.1) is 0 Å². The van der Waals surface area contributed by atoms with Gasteiger partial charge < -0.3 is 14.9 Å². The summed E-state index contributed by atoms with van der Waals surface area (Å²) in [6, 6.07) is 13.4. The van der Waals surface area contributed by atoms with Crippen LogP contribution in [0, 0.1) is 61.2 Å². The molecule has 0 aromatic heterocycles. The van der Waals surface area contributed by atoms with Crippen molar-refractivity contribution >= 4 is 80.7 Å². The van der Waals surface area contributed by atoms with Crippen LogP contribution in [0.5, 0.6) is 0 Å². The molecule has 6 aliphatic rings. The Balaban J connectivity index is 0.000000205. The summed E-state index contributed by atoms with van der Waals surface area (Å²) in [6.07, 6.45) is 22.8. The van der Waals surface area contributed by atoms with E-state index in [-0.39, 0.29) is 20.3 Å². The molecule has 6 atom stereocenters. The Kier molecular flexibility index (Phi) is 16.9. The second-order valence-corrected chi connectivity index (χ2v) is 24.9. The van der Waals surface area contributed by atoms with Gasteiger partial charge in [-0.3, -0.25) is 0 Å². The van der Waals surface area contributed by atoms with Gasteiger partial charge in [0.15, 0.2) is 0 Å². The Morgan fingerprint density at radius 2 is 1.16 bits per heavy atom. The summed E-state index contributed by atoms with van der Waals surface area (Å²) >= 11 is 14.5. The molecular weight excluding hydrogens is 1010 g/mol. The molecule has 6 unspecified atom stereocenters. The number of halogens is 6. The van der Waals surface area contributed by atoms with Crippen LogP contribution >= 0.6 is 80.7 Å².